The maximum Gasteiger partial charge on any atom is 0.123 e. The molecule has 0 aliphatic carbocycles. The Hall–Kier alpha value is -2.29. The van der Waals surface area contributed by atoms with Crippen molar-refractivity contribution in [2.24, 2.45) is 11.7 Å². The topological polar surface area (TPSA) is 29.3 Å². The molecule has 0 aliphatic rings. The molecule has 118 valence electrons. The molecule has 0 saturated heterocycles. The monoisotopic (exact) mass is 300 g/mol. The molecule has 2 aromatic carbocycles. The van der Waals surface area contributed by atoms with Gasteiger partial charge in [0.25, 0.3) is 0 Å². The molecular weight excluding hydrogens is 275 g/mol. The van der Waals surface area contributed by atoms with Gasteiger partial charge in [0, 0.05) is 25.5 Å². The third kappa shape index (κ3) is 6.44. The van der Waals surface area contributed by atoms with Crippen molar-refractivity contribution >= 4 is 0 Å². The fraction of sp³-hybridized carbons (Fsp3) is 0.263. The lowest BCUT2D eigenvalue weighted by molar-refractivity contribution is 0.366. The largest absolute Gasteiger partial charge is 0.403 e. The standard InChI is InChI=1S/C13H20N2.C6H5F/c1-11(2)13(9-14)15(3)10-12-7-5-4-6-8-12;7-6-4-2-1-3-5-6/h4-9,11H,10,14H2,1-3H3;1-5H/b13-9-;. The van der Waals surface area contributed by atoms with Gasteiger partial charge in [-0.1, -0.05) is 62.4 Å². The Morgan fingerprint density at radius 2 is 1.55 bits per heavy atom. The molecule has 0 spiro atoms. The van der Waals surface area contributed by atoms with Crippen LogP contribution in [0.5, 0.6) is 0 Å². The van der Waals surface area contributed by atoms with E-state index in [2.05, 4.69) is 50.1 Å². The zero-order chi connectivity index (χ0) is 16.4. The van der Waals surface area contributed by atoms with Crippen LogP contribution < -0.4 is 5.73 Å². The van der Waals surface area contributed by atoms with Gasteiger partial charge in [-0.05, 0) is 23.6 Å². The SMILES string of the molecule is CC(C)/C(=C/N)N(C)Cc1ccccc1.Fc1ccccc1. The van der Waals surface area contributed by atoms with Crippen molar-refractivity contribution in [2.75, 3.05) is 7.05 Å². The molecule has 0 bridgehead atoms. The second-order valence-corrected chi connectivity index (χ2v) is 5.38. The van der Waals surface area contributed by atoms with Crippen molar-refractivity contribution in [2.45, 2.75) is 20.4 Å². The number of nitrogens with two attached hydrogens (primary N) is 1. The maximum atomic E-state index is 11.9. The molecule has 0 aromatic heterocycles. The summed E-state index contributed by atoms with van der Waals surface area (Å²) in [6.45, 7) is 5.21. The first-order valence-electron chi connectivity index (χ1n) is 7.42. The molecule has 2 N–H and O–H groups in total. The van der Waals surface area contributed by atoms with E-state index in [0.717, 1.165) is 6.54 Å². The second kappa shape index (κ2) is 9.61. The summed E-state index contributed by atoms with van der Waals surface area (Å²) in [5.41, 5.74) is 8.11. The minimum Gasteiger partial charge on any atom is -0.403 e. The number of nitrogens with zero attached hydrogens (tertiary/aromatic N) is 1. The molecule has 0 radical (unpaired) electrons. The average molecular weight is 300 g/mol. The summed E-state index contributed by atoms with van der Waals surface area (Å²) in [5, 5.41) is 0. The first-order chi connectivity index (χ1) is 10.5. The Kier molecular flexibility index (Phi) is 7.76. The Morgan fingerprint density at radius 1 is 1.05 bits per heavy atom. The summed E-state index contributed by atoms with van der Waals surface area (Å²) in [5.74, 6) is 0.284. The summed E-state index contributed by atoms with van der Waals surface area (Å²) in [6, 6.07) is 18.4. The molecule has 22 heavy (non-hydrogen) atoms. The minimum atomic E-state index is -0.178. The fourth-order valence-electron chi connectivity index (χ4n) is 2.12. The second-order valence-electron chi connectivity index (χ2n) is 5.38. The highest BCUT2D eigenvalue weighted by Crippen LogP contribution is 2.15. The van der Waals surface area contributed by atoms with E-state index >= 15 is 0 Å². The quantitative estimate of drug-likeness (QED) is 0.906. The number of benzene rings is 2. The first kappa shape index (κ1) is 17.8. The Balaban J connectivity index is 0.000000287. The molecule has 0 heterocycles. The Bertz CT molecular complexity index is 550. The number of hydrogen-bond acceptors (Lipinski definition) is 2. The summed E-state index contributed by atoms with van der Waals surface area (Å²) in [7, 11) is 2.08. The minimum absolute atomic E-state index is 0.178. The molecule has 0 fully saturated rings. The molecule has 3 heteroatoms. The van der Waals surface area contributed by atoms with E-state index in [4.69, 9.17) is 5.73 Å². The summed E-state index contributed by atoms with van der Waals surface area (Å²) < 4.78 is 11.9. The van der Waals surface area contributed by atoms with Gasteiger partial charge in [-0.2, -0.15) is 0 Å². The van der Waals surface area contributed by atoms with E-state index in [1.54, 1.807) is 24.4 Å². The van der Waals surface area contributed by atoms with Crippen LogP contribution in [-0.2, 0) is 6.54 Å². The lowest BCUT2D eigenvalue weighted by atomic mass is 10.1. The van der Waals surface area contributed by atoms with Crippen molar-refractivity contribution < 1.29 is 4.39 Å². The third-order valence-corrected chi connectivity index (χ3v) is 3.20. The van der Waals surface area contributed by atoms with Crippen LogP contribution in [0.1, 0.15) is 19.4 Å². The smallest absolute Gasteiger partial charge is 0.123 e. The Morgan fingerprint density at radius 3 is 1.91 bits per heavy atom. The van der Waals surface area contributed by atoms with Crippen LogP contribution in [0.4, 0.5) is 4.39 Å². The van der Waals surface area contributed by atoms with Crippen LogP contribution in [0.2, 0.25) is 0 Å². The van der Waals surface area contributed by atoms with Crippen molar-refractivity contribution in [3.8, 4) is 0 Å². The highest BCUT2D eigenvalue weighted by Gasteiger charge is 2.08. The molecule has 2 rings (SSSR count). The number of rotatable bonds is 4. The molecule has 2 nitrogen and oxygen atoms in total. The molecule has 0 saturated carbocycles. The van der Waals surface area contributed by atoms with Crippen LogP contribution in [0, 0.1) is 11.7 Å². The van der Waals surface area contributed by atoms with Gasteiger partial charge < -0.3 is 10.6 Å². The van der Waals surface area contributed by atoms with E-state index in [-0.39, 0.29) is 5.82 Å². The number of halogens is 1. The molecule has 0 aliphatic heterocycles. The van der Waals surface area contributed by atoms with Gasteiger partial charge in [0.15, 0.2) is 0 Å². The highest BCUT2D eigenvalue weighted by atomic mass is 19.1. The van der Waals surface area contributed by atoms with Gasteiger partial charge in [-0.15, -0.1) is 0 Å². The van der Waals surface area contributed by atoms with Crippen molar-refractivity contribution in [3.05, 3.63) is 83.9 Å². The van der Waals surface area contributed by atoms with E-state index in [1.807, 2.05) is 6.07 Å². The van der Waals surface area contributed by atoms with E-state index in [1.165, 1.54) is 23.4 Å². The summed E-state index contributed by atoms with van der Waals surface area (Å²) in [6.07, 6.45) is 1.70. The van der Waals surface area contributed by atoms with Crippen molar-refractivity contribution in [3.63, 3.8) is 0 Å². The Labute approximate surface area is 133 Å². The zero-order valence-corrected chi connectivity index (χ0v) is 13.5. The molecular formula is C19H25FN2. The first-order valence-corrected chi connectivity index (χ1v) is 7.42. The van der Waals surface area contributed by atoms with E-state index in [0.29, 0.717) is 5.92 Å². The summed E-state index contributed by atoms with van der Waals surface area (Å²) >= 11 is 0. The van der Waals surface area contributed by atoms with Crippen LogP contribution in [0.15, 0.2) is 72.6 Å². The van der Waals surface area contributed by atoms with Crippen LogP contribution in [-0.4, -0.2) is 11.9 Å². The van der Waals surface area contributed by atoms with Gasteiger partial charge in [0.2, 0.25) is 0 Å². The van der Waals surface area contributed by atoms with E-state index in [9.17, 15) is 4.39 Å². The van der Waals surface area contributed by atoms with Crippen molar-refractivity contribution in [1.82, 2.24) is 4.90 Å². The van der Waals surface area contributed by atoms with Crippen molar-refractivity contribution in [1.29, 1.82) is 0 Å². The normalized spacial score (nSPS) is 10.9. The van der Waals surface area contributed by atoms with Gasteiger partial charge in [0.1, 0.15) is 5.82 Å². The molecule has 2 aromatic rings. The number of hydrogen-bond donors (Lipinski definition) is 1. The lowest BCUT2D eigenvalue weighted by Crippen LogP contribution is -2.21. The van der Waals surface area contributed by atoms with E-state index < -0.39 is 0 Å². The molecule has 0 unspecified atom stereocenters. The average Bonchev–Trinajstić information content (AvgIpc) is 2.50. The maximum absolute atomic E-state index is 11.9. The van der Waals surface area contributed by atoms with Gasteiger partial charge in [0.05, 0.1) is 0 Å². The zero-order valence-electron chi connectivity index (χ0n) is 13.5. The summed E-state index contributed by atoms with van der Waals surface area (Å²) in [4.78, 5) is 2.19. The van der Waals surface area contributed by atoms with Crippen LogP contribution in [0.3, 0.4) is 0 Å². The molecule has 0 atom stereocenters. The molecule has 0 amide bonds. The van der Waals surface area contributed by atoms with Crippen LogP contribution >= 0.6 is 0 Å². The lowest BCUT2D eigenvalue weighted by Gasteiger charge is -2.25. The number of allylic oxidation sites excluding steroid dienone is 1. The van der Waals surface area contributed by atoms with Gasteiger partial charge in [-0.3, -0.25) is 0 Å². The van der Waals surface area contributed by atoms with Gasteiger partial charge >= 0.3 is 0 Å². The predicted molar refractivity (Wildman–Crippen MR) is 91.4 cm³/mol. The van der Waals surface area contributed by atoms with Gasteiger partial charge in [-0.25, -0.2) is 4.39 Å². The fourth-order valence-corrected chi connectivity index (χ4v) is 2.12. The predicted octanol–water partition coefficient (Wildman–Crippen LogP) is 4.40. The van der Waals surface area contributed by atoms with Crippen LogP contribution in [0.25, 0.3) is 0 Å². The highest BCUT2D eigenvalue weighted by molar-refractivity contribution is 5.16. The third-order valence-electron chi connectivity index (χ3n) is 3.20.